The number of nitrogens with one attached hydrogen (secondary N) is 4. The summed E-state index contributed by atoms with van der Waals surface area (Å²) in [6.07, 6.45) is 6.80. The number of hydrogen-bond donors (Lipinski definition) is 9. The van der Waals surface area contributed by atoms with Gasteiger partial charge in [0, 0.05) is 36.4 Å². The number of oxime groups is 1. The van der Waals surface area contributed by atoms with Gasteiger partial charge in [0.2, 0.25) is 16.9 Å². The van der Waals surface area contributed by atoms with Crippen molar-refractivity contribution in [2.45, 2.75) is 43.8 Å². The van der Waals surface area contributed by atoms with E-state index in [1.807, 2.05) is 0 Å². The number of aliphatic carboxylic acids is 2. The maximum Gasteiger partial charge on any atom is 0.352 e. The highest BCUT2D eigenvalue weighted by Gasteiger charge is 2.54. The second-order valence-electron chi connectivity index (χ2n) is 12.4. The Balaban J connectivity index is 1.20. The second kappa shape index (κ2) is 16.7. The van der Waals surface area contributed by atoms with E-state index in [1.54, 1.807) is 10.6 Å². The average molecular weight is 813 g/mol. The quantitative estimate of drug-likeness (QED) is 0.0373. The molecule has 4 amide bonds. The van der Waals surface area contributed by atoms with Gasteiger partial charge < -0.3 is 52.6 Å². The molecule has 1 unspecified atom stereocenters. The lowest BCUT2D eigenvalue weighted by Crippen LogP contribution is -2.71. The number of hydrogen-bond acceptors (Lipinski definition) is 16. The SMILES string of the molecule is CC(C)(O/N=C(\C(=O)N[C@@H]1C(=O)N2C(C(=O)O)=C(/C=C/C[n+]3cnc(N)c(NC(=O)CCNC(=O)c4cc(=O)c(O)c[nH]4)c3)CSC12)c1csc(N)n1)C(=O)O. The smallest absolute Gasteiger partial charge is 0.352 e. The van der Waals surface area contributed by atoms with Crippen molar-refractivity contribution in [3.05, 3.63) is 75.2 Å². The van der Waals surface area contributed by atoms with Crippen LogP contribution in [0.3, 0.4) is 0 Å². The predicted molar refractivity (Wildman–Crippen MR) is 198 cm³/mol. The number of amides is 4. The van der Waals surface area contributed by atoms with Crippen molar-refractivity contribution in [2.75, 3.05) is 29.1 Å². The van der Waals surface area contributed by atoms with E-state index in [0.29, 0.717) is 5.57 Å². The number of nitrogens with zero attached hydrogens (tertiary/aromatic N) is 5. The third kappa shape index (κ3) is 9.09. The van der Waals surface area contributed by atoms with E-state index in [0.717, 1.165) is 28.5 Å². The number of aromatic nitrogens is 4. The molecule has 0 spiro atoms. The van der Waals surface area contributed by atoms with Gasteiger partial charge in [0.25, 0.3) is 29.9 Å². The Kier molecular flexibility index (Phi) is 12.0. The topological polar surface area (TPSA) is 339 Å². The molecule has 0 radical (unpaired) electrons. The van der Waals surface area contributed by atoms with Crippen LogP contribution in [0.15, 0.2) is 63.5 Å². The lowest BCUT2D eigenvalue weighted by Gasteiger charge is -2.49. The number of H-pyrrole nitrogens is 1. The number of thiazole rings is 1. The van der Waals surface area contributed by atoms with E-state index in [-0.39, 0.29) is 59.0 Å². The molecule has 1 saturated heterocycles. The molecular weight excluding hydrogens is 779 g/mol. The molecule has 1 fully saturated rings. The molecule has 2 atom stereocenters. The van der Waals surface area contributed by atoms with Crippen LogP contribution in [-0.2, 0) is 35.4 Å². The van der Waals surface area contributed by atoms with Gasteiger partial charge in [0.1, 0.15) is 41.2 Å². The molecule has 5 heterocycles. The molecule has 0 bridgehead atoms. The standard InChI is InChI=1S/C32H33N11O11S2/c1-32(2,30(52)53)54-41-21(17-12-56-31(34)39-17)26(48)40-22-27(49)43-23(29(50)51)14(11-55-28(22)43)4-3-7-42-10-16(24(33)37-13-42)38-20(46)5-6-35-25(47)15-8-18(44)19(45)9-36-15/h3-4,8-10,12-13,22,28,33H,5-7,11H2,1-2H3,(H9,34,35,36,38,39,40,41,44,45,46,47,48,50,51,52,53)/p+1/b4-3+/t22-,28?/m1/s1. The summed E-state index contributed by atoms with van der Waals surface area (Å²) < 4.78 is 1.54. The molecule has 56 heavy (non-hydrogen) atoms. The zero-order valence-corrected chi connectivity index (χ0v) is 31.0. The van der Waals surface area contributed by atoms with E-state index in [2.05, 4.69) is 36.1 Å². The summed E-state index contributed by atoms with van der Waals surface area (Å²) in [5.41, 5.74) is 8.68. The minimum absolute atomic E-state index is 0.00134. The molecule has 3 aromatic rings. The Hall–Kier alpha value is -6.82. The number of carbonyl (C=O) groups excluding carboxylic acids is 4. The Labute approximate surface area is 323 Å². The lowest BCUT2D eigenvalue weighted by molar-refractivity contribution is -0.689. The minimum Gasteiger partial charge on any atom is -0.503 e. The summed E-state index contributed by atoms with van der Waals surface area (Å²) in [5.74, 6) is -5.96. The minimum atomic E-state index is -1.81. The molecule has 294 valence electrons. The van der Waals surface area contributed by atoms with E-state index in [4.69, 9.17) is 16.3 Å². The predicted octanol–water partition coefficient (Wildman–Crippen LogP) is -1.28. The van der Waals surface area contributed by atoms with Crippen molar-refractivity contribution in [1.29, 1.82) is 0 Å². The zero-order valence-electron chi connectivity index (χ0n) is 29.3. The number of aromatic hydroxyl groups is 1. The number of carbonyl (C=O) groups is 6. The molecule has 3 aromatic heterocycles. The fourth-order valence-electron chi connectivity index (χ4n) is 4.96. The summed E-state index contributed by atoms with van der Waals surface area (Å²) >= 11 is 2.18. The van der Waals surface area contributed by atoms with Crippen LogP contribution in [0.5, 0.6) is 5.75 Å². The van der Waals surface area contributed by atoms with Gasteiger partial charge in [0.15, 0.2) is 22.3 Å². The molecule has 2 aliphatic rings. The van der Waals surface area contributed by atoms with E-state index >= 15 is 0 Å². The van der Waals surface area contributed by atoms with Crippen LogP contribution in [0.2, 0.25) is 0 Å². The first-order chi connectivity index (χ1) is 26.5. The Morgan fingerprint density at radius 3 is 2.62 bits per heavy atom. The van der Waals surface area contributed by atoms with E-state index < -0.39 is 69.5 Å². The number of nitrogen functional groups attached to an aromatic ring is 2. The molecule has 2 aliphatic heterocycles. The van der Waals surface area contributed by atoms with Crippen molar-refractivity contribution in [2.24, 2.45) is 5.16 Å². The van der Waals surface area contributed by atoms with Gasteiger partial charge in [-0.25, -0.2) is 19.1 Å². The first-order valence-electron chi connectivity index (χ1n) is 16.2. The number of β-lactam (4-membered cyclic amide) rings is 1. The van der Waals surface area contributed by atoms with Crippen LogP contribution < -0.4 is 37.4 Å². The largest absolute Gasteiger partial charge is 0.503 e. The first-order valence-corrected chi connectivity index (χ1v) is 18.1. The van der Waals surface area contributed by atoms with Crippen molar-refractivity contribution in [1.82, 2.24) is 30.5 Å². The highest BCUT2D eigenvalue weighted by atomic mass is 32.2. The van der Waals surface area contributed by atoms with Gasteiger partial charge in [-0.15, -0.1) is 23.1 Å². The summed E-state index contributed by atoms with van der Waals surface area (Å²) in [6.45, 7) is 2.47. The van der Waals surface area contributed by atoms with E-state index in [9.17, 15) is 48.9 Å². The summed E-state index contributed by atoms with van der Waals surface area (Å²) in [7, 11) is 0. The number of anilines is 3. The number of carboxylic acid groups (broad SMARTS) is 2. The molecule has 0 aliphatic carbocycles. The van der Waals surface area contributed by atoms with Gasteiger partial charge in [0.05, 0.1) is 0 Å². The van der Waals surface area contributed by atoms with Gasteiger partial charge in [-0.1, -0.05) is 11.2 Å². The summed E-state index contributed by atoms with van der Waals surface area (Å²) in [6, 6.07) is -0.242. The molecule has 22 nitrogen and oxygen atoms in total. The van der Waals surface area contributed by atoms with Crippen LogP contribution in [0, 0.1) is 0 Å². The lowest BCUT2D eigenvalue weighted by atomic mass is 10.0. The van der Waals surface area contributed by atoms with Crippen molar-refractivity contribution in [3.8, 4) is 5.75 Å². The molecule has 11 N–H and O–H groups in total. The molecule has 24 heteroatoms. The van der Waals surface area contributed by atoms with Crippen molar-refractivity contribution in [3.63, 3.8) is 0 Å². The van der Waals surface area contributed by atoms with Crippen LogP contribution in [0.25, 0.3) is 0 Å². The number of allylic oxidation sites excluding steroid dienone is 2. The average Bonchev–Trinajstić information content (AvgIpc) is 3.57. The number of pyridine rings is 1. The highest BCUT2D eigenvalue weighted by Crippen LogP contribution is 2.40. The number of fused-ring (bicyclic) bond motifs is 1. The van der Waals surface area contributed by atoms with Crippen molar-refractivity contribution >= 4 is 81.0 Å². The number of thioether (sulfide) groups is 1. The van der Waals surface area contributed by atoms with Gasteiger partial charge in [-0.3, -0.25) is 28.9 Å². The second-order valence-corrected chi connectivity index (χ2v) is 14.4. The van der Waals surface area contributed by atoms with Crippen LogP contribution in [-0.4, -0.2) is 106 Å². The first kappa shape index (κ1) is 40.4. The molecule has 5 rings (SSSR count). The van der Waals surface area contributed by atoms with Crippen LogP contribution in [0.4, 0.5) is 16.6 Å². The Morgan fingerprint density at radius 2 is 1.96 bits per heavy atom. The Bertz CT molecular complexity index is 2270. The van der Waals surface area contributed by atoms with Crippen LogP contribution >= 0.6 is 23.1 Å². The van der Waals surface area contributed by atoms with Gasteiger partial charge in [-0.2, -0.15) is 0 Å². The van der Waals surface area contributed by atoms with Crippen molar-refractivity contribution < 1.29 is 53.5 Å². The van der Waals surface area contributed by atoms with Gasteiger partial charge in [-0.05, 0) is 30.5 Å². The number of rotatable bonds is 15. The Morgan fingerprint density at radius 1 is 1.21 bits per heavy atom. The molecular formula is C32H34N11O11S2+. The van der Waals surface area contributed by atoms with Crippen LogP contribution in [0.1, 0.15) is 36.5 Å². The monoisotopic (exact) mass is 812 g/mol. The zero-order chi connectivity index (χ0) is 40.9. The fraction of sp³-hybridized carbons (Fsp3) is 0.281. The number of nitrogens with two attached hydrogens (primary N) is 2. The van der Waals surface area contributed by atoms with E-state index in [1.165, 1.54) is 49.6 Å². The highest BCUT2D eigenvalue weighted by molar-refractivity contribution is 8.00. The van der Waals surface area contributed by atoms with Gasteiger partial charge >= 0.3 is 11.9 Å². The maximum absolute atomic E-state index is 13.3. The number of aromatic amines is 1. The third-order valence-electron chi connectivity index (χ3n) is 7.95. The number of carboxylic acids is 2. The summed E-state index contributed by atoms with van der Waals surface area (Å²) in [5, 5.41) is 40.8. The summed E-state index contributed by atoms with van der Waals surface area (Å²) in [4.78, 5) is 104. The maximum atomic E-state index is 13.3. The molecule has 0 saturated carbocycles. The third-order valence-corrected chi connectivity index (χ3v) is 9.92. The fourth-order valence-corrected chi connectivity index (χ4v) is 6.82. The normalized spacial score (nSPS) is 16.9. The molecule has 0 aromatic carbocycles.